The Kier molecular flexibility index (Phi) is 7.41. The largest absolute Gasteiger partial charge is 0.496 e. The molecule has 166 valence electrons. The van der Waals surface area contributed by atoms with Crippen molar-refractivity contribution in [3.63, 3.8) is 0 Å². The molecule has 2 aromatic carbocycles. The van der Waals surface area contributed by atoms with Gasteiger partial charge >= 0.3 is 0 Å². The molecule has 0 aliphatic rings. The number of nitrogens with zero attached hydrogens (tertiary/aromatic N) is 2. The lowest BCUT2D eigenvalue weighted by atomic mass is 9.98. The zero-order valence-electron chi connectivity index (χ0n) is 19.4. The summed E-state index contributed by atoms with van der Waals surface area (Å²) in [5.41, 5.74) is 6.39. The SMILES string of the molecule is CCC(=O)N(C)c1ccc(-c2ccc(C(=O)CCc3ccc(C)nc3C)cc2OC)cc1. The predicted octanol–water partition coefficient (Wildman–Crippen LogP) is 5.56. The Labute approximate surface area is 190 Å². The van der Waals surface area contributed by atoms with Crippen molar-refractivity contribution in [2.75, 3.05) is 19.1 Å². The zero-order chi connectivity index (χ0) is 23.3. The maximum Gasteiger partial charge on any atom is 0.226 e. The number of pyridine rings is 1. The van der Waals surface area contributed by atoms with E-state index in [0.717, 1.165) is 33.8 Å². The molecule has 0 atom stereocenters. The number of rotatable bonds is 8. The molecule has 0 saturated heterocycles. The van der Waals surface area contributed by atoms with Gasteiger partial charge in [-0.05, 0) is 61.7 Å². The molecule has 1 heterocycles. The second-order valence-electron chi connectivity index (χ2n) is 7.89. The fourth-order valence-corrected chi connectivity index (χ4v) is 3.72. The Hall–Kier alpha value is -3.47. The van der Waals surface area contributed by atoms with Crippen LogP contribution in [0.2, 0.25) is 0 Å². The number of anilines is 1. The molecule has 3 aromatic rings. The number of aryl methyl sites for hydroxylation is 3. The van der Waals surface area contributed by atoms with Crippen molar-refractivity contribution in [3.8, 4) is 16.9 Å². The fraction of sp³-hybridized carbons (Fsp3) is 0.296. The highest BCUT2D eigenvalue weighted by Gasteiger charge is 2.14. The van der Waals surface area contributed by atoms with Gasteiger partial charge in [-0.1, -0.05) is 31.2 Å². The second-order valence-corrected chi connectivity index (χ2v) is 7.89. The van der Waals surface area contributed by atoms with Crippen molar-refractivity contribution in [1.82, 2.24) is 4.98 Å². The number of ketones is 1. The molecule has 1 aromatic heterocycles. The van der Waals surface area contributed by atoms with Gasteiger partial charge in [0.1, 0.15) is 5.75 Å². The molecule has 0 unspecified atom stereocenters. The van der Waals surface area contributed by atoms with Crippen LogP contribution in [0.15, 0.2) is 54.6 Å². The summed E-state index contributed by atoms with van der Waals surface area (Å²) in [6.45, 7) is 5.79. The number of methoxy groups -OCH3 is 1. The van der Waals surface area contributed by atoms with E-state index in [1.165, 1.54) is 0 Å². The molecule has 0 spiro atoms. The van der Waals surface area contributed by atoms with E-state index in [9.17, 15) is 9.59 Å². The van der Waals surface area contributed by atoms with Crippen LogP contribution in [0.1, 0.15) is 47.1 Å². The van der Waals surface area contributed by atoms with E-state index >= 15 is 0 Å². The zero-order valence-corrected chi connectivity index (χ0v) is 19.4. The molecule has 0 aliphatic heterocycles. The Balaban J connectivity index is 1.76. The van der Waals surface area contributed by atoms with Gasteiger partial charge in [-0.15, -0.1) is 0 Å². The summed E-state index contributed by atoms with van der Waals surface area (Å²) in [5, 5.41) is 0. The van der Waals surface area contributed by atoms with Crippen LogP contribution < -0.4 is 9.64 Å². The molecule has 1 amide bonds. The molecule has 0 fully saturated rings. The van der Waals surface area contributed by atoms with Gasteiger partial charge in [-0.3, -0.25) is 14.6 Å². The average molecular weight is 431 g/mol. The van der Waals surface area contributed by atoms with E-state index in [1.54, 1.807) is 25.1 Å². The standard InChI is InChI=1S/C27H30N2O3/c1-6-27(31)29(4)23-13-9-21(10-14-23)24-15-11-22(17-26(24)32-5)25(30)16-12-20-8-7-18(2)28-19(20)3/h7-11,13-15,17H,6,12,16H2,1-5H3. The molecule has 32 heavy (non-hydrogen) atoms. The van der Waals surface area contributed by atoms with Gasteiger partial charge in [0.05, 0.1) is 7.11 Å². The van der Waals surface area contributed by atoms with Gasteiger partial charge in [0.15, 0.2) is 5.78 Å². The lowest BCUT2D eigenvalue weighted by Crippen LogP contribution is -2.24. The van der Waals surface area contributed by atoms with E-state index in [-0.39, 0.29) is 11.7 Å². The topological polar surface area (TPSA) is 59.5 Å². The van der Waals surface area contributed by atoms with E-state index in [2.05, 4.69) is 4.98 Å². The van der Waals surface area contributed by atoms with Crippen LogP contribution in [-0.4, -0.2) is 30.8 Å². The molecule has 0 aliphatic carbocycles. The van der Waals surface area contributed by atoms with Gasteiger partial charge in [0.2, 0.25) is 5.91 Å². The van der Waals surface area contributed by atoms with Gasteiger partial charge < -0.3 is 9.64 Å². The van der Waals surface area contributed by atoms with Crippen LogP contribution in [0.4, 0.5) is 5.69 Å². The number of ether oxygens (including phenoxy) is 1. The quantitative estimate of drug-likeness (QED) is 0.439. The first-order valence-corrected chi connectivity index (χ1v) is 10.9. The molecule has 0 bridgehead atoms. The highest BCUT2D eigenvalue weighted by Crippen LogP contribution is 2.32. The van der Waals surface area contributed by atoms with Crippen LogP contribution in [0, 0.1) is 13.8 Å². The molecule has 0 radical (unpaired) electrons. The van der Waals surface area contributed by atoms with E-state index < -0.39 is 0 Å². The highest BCUT2D eigenvalue weighted by molar-refractivity contribution is 5.97. The number of hydrogen-bond donors (Lipinski definition) is 0. The summed E-state index contributed by atoms with van der Waals surface area (Å²) >= 11 is 0. The first kappa shape index (κ1) is 23.2. The first-order chi connectivity index (χ1) is 15.3. The number of amides is 1. The van der Waals surface area contributed by atoms with Crippen molar-refractivity contribution in [3.05, 3.63) is 77.1 Å². The van der Waals surface area contributed by atoms with Gasteiger partial charge in [-0.25, -0.2) is 0 Å². The second kappa shape index (κ2) is 10.2. The Morgan fingerprint density at radius 3 is 2.34 bits per heavy atom. The number of hydrogen-bond acceptors (Lipinski definition) is 4. The third kappa shape index (κ3) is 5.22. The van der Waals surface area contributed by atoms with E-state index in [1.807, 2.05) is 69.3 Å². The minimum Gasteiger partial charge on any atom is -0.496 e. The van der Waals surface area contributed by atoms with Crippen LogP contribution in [0.3, 0.4) is 0 Å². The Bertz CT molecular complexity index is 1120. The van der Waals surface area contributed by atoms with Crippen molar-refractivity contribution >= 4 is 17.4 Å². The molecular weight excluding hydrogens is 400 g/mol. The summed E-state index contributed by atoms with van der Waals surface area (Å²) < 4.78 is 5.59. The minimum absolute atomic E-state index is 0.0646. The average Bonchev–Trinajstić information content (AvgIpc) is 2.82. The number of aromatic nitrogens is 1. The van der Waals surface area contributed by atoms with E-state index in [4.69, 9.17) is 4.74 Å². The third-order valence-electron chi connectivity index (χ3n) is 5.72. The normalized spacial score (nSPS) is 10.7. The van der Waals surface area contributed by atoms with Crippen molar-refractivity contribution in [2.24, 2.45) is 0 Å². The van der Waals surface area contributed by atoms with Crippen LogP contribution in [0.5, 0.6) is 5.75 Å². The molecule has 0 N–H and O–H groups in total. The highest BCUT2D eigenvalue weighted by atomic mass is 16.5. The minimum atomic E-state index is 0.0646. The summed E-state index contributed by atoms with van der Waals surface area (Å²) in [4.78, 5) is 30.8. The van der Waals surface area contributed by atoms with E-state index in [0.29, 0.717) is 30.6 Å². The first-order valence-electron chi connectivity index (χ1n) is 10.9. The summed E-state index contributed by atoms with van der Waals surface area (Å²) in [5.74, 6) is 0.787. The smallest absolute Gasteiger partial charge is 0.226 e. The Morgan fingerprint density at radius 1 is 1.00 bits per heavy atom. The predicted molar refractivity (Wildman–Crippen MR) is 128 cm³/mol. The molecular formula is C27H30N2O3. The number of Topliss-reactive ketones (excluding diaryl/α,β-unsaturated/α-hetero) is 1. The summed E-state index contributed by atoms with van der Waals surface area (Å²) in [6, 6.07) is 17.3. The maximum atomic E-state index is 12.8. The summed E-state index contributed by atoms with van der Waals surface area (Å²) in [7, 11) is 3.38. The van der Waals surface area contributed by atoms with Crippen LogP contribution in [0.25, 0.3) is 11.1 Å². The number of carbonyl (C=O) groups is 2. The molecule has 3 rings (SSSR count). The molecule has 5 nitrogen and oxygen atoms in total. The monoisotopic (exact) mass is 430 g/mol. The van der Waals surface area contributed by atoms with Gasteiger partial charge in [-0.2, -0.15) is 0 Å². The summed E-state index contributed by atoms with van der Waals surface area (Å²) in [6.07, 6.45) is 1.54. The van der Waals surface area contributed by atoms with Crippen LogP contribution in [-0.2, 0) is 11.2 Å². The van der Waals surface area contributed by atoms with Crippen molar-refractivity contribution in [1.29, 1.82) is 0 Å². The van der Waals surface area contributed by atoms with Crippen molar-refractivity contribution < 1.29 is 14.3 Å². The fourth-order valence-electron chi connectivity index (χ4n) is 3.72. The lowest BCUT2D eigenvalue weighted by Gasteiger charge is -2.17. The molecule has 5 heteroatoms. The van der Waals surface area contributed by atoms with Gasteiger partial charge in [0, 0.05) is 48.1 Å². The number of benzene rings is 2. The number of carbonyl (C=O) groups excluding carboxylic acids is 2. The molecule has 0 saturated carbocycles. The Morgan fingerprint density at radius 2 is 1.72 bits per heavy atom. The lowest BCUT2D eigenvalue weighted by molar-refractivity contribution is -0.118. The van der Waals surface area contributed by atoms with Crippen LogP contribution >= 0.6 is 0 Å². The van der Waals surface area contributed by atoms with Crippen molar-refractivity contribution in [2.45, 2.75) is 40.0 Å². The maximum absolute atomic E-state index is 12.8. The third-order valence-corrected chi connectivity index (χ3v) is 5.72. The van der Waals surface area contributed by atoms with Gasteiger partial charge in [0.25, 0.3) is 0 Å².